The number of halogens is 2. The number of urea groups is 3. The molecule has 0 bridgehead atoms. The minimum atomic E-state index is -0.572. The van der Waals surface area contributed by atoms with Crippen LogP contribution in [0, 0.1) is 0 Å². The van der Waals surface area contributed by atoms with Crippen molar-refractivity contribution in [2.75, 3.05) is 44.2 Å². The third kappa shape index (κ3) is 15.1. The predicted molar refractivity (Wildman–Crippen MR) is 212 cm³/mol. The Balaban J connectivity index is 0.00000468. The third-order valence-corrected chi connectivity index (χ3v) is 7.81. The van der Waals surface area contributed by atoms with Crippen molar-refractivity contribution in [2.24, 2.45) is 0 Å². The third-order valence-electron chi connectivity index (χ3n) is 7.81. The Bertz CT molecular complexity index is 1400. The minimum Gasteiger partial charge on any atom is -0.338 e. The molecule has 6 N–H and O–H groups in total. The summed E-state index contributed by atoms with van der Waals surface area (Å²) in [5.41, 5.74) is 2.97. The van der Waals surface area contributed by atoms with Gasteiger partial charge in [0.15, 0.2) is 0 Å². The smallest absolute Gasteiger partial charge is 0.334 e. The zero-order chi connectivity index (χ0) is 35.2. The van der Waals surface area contributed by atoms with Crippen LogP contribution in [-0.2, 0) is 4.79 Å². The van der Waals surface area contributed by atoms with Crippen LogP contribution in [-0.4, -0.2) is 63.3 Å². The Morgan fingerprint density at radius 1 is 0.462 bits per heavy atom. The highest BCUT2D eigenvalue weighted by Gasteiger charge is 2.24. The first-order valence-corrected chi connectivity index (χ1v) is 17.1. The van der Waals surface area contributed by atoms with Gasteiger partial charge < -0.3 is 21.3 Å². The molecule has 0 fully saturated rings. The fraction of sp³-hybridized carbons (Fsp3) is 0.282. The number of imide groups is 2. The van der Waals surface area contributed by atoms with Crippen LogP contribution in [0.5, 0.6) is 0 Å². The second-order valence-electron chi connectivity index (χ2n) is 11.6. The average molecular weight is 751 g/mol. The van der Waals surface area contributed by atoms with Crippen LogP contribution in [0.3, 0.4) is 0 Å². The number of hydrogen-bond acceptors (Lipinski definition) is 6. The fourth-order valence-electron chi connectivity index (χ4n) is 5.33. The topological polar surface area (TPSA) is 144 Å². The zero-order valence-electron chi connectivity index (χ0n) is 29.1. The van der Waals surface area contributed by atoms with Crippen molar-refractivity contribution < 1.29 is 19.2 Å². The van der Waals surface area contributed by atoms with Crippen LogP contribution >= 0.6 is 24.8 Å². The fourth-order valence-corrected chi connectivity index (χ4v) is 5.33. The lowest BCUT2D eigenvalue weighted by Crippen LogP contribution is -2.45. The highest BCUT2D eigenvalue weighted by molar-refractivity contribution is 6.06. The number of hydrogen-bond donors (Lipinski definition) is 6. The van der Waals surface area contributed by atoms with E-state index >= 15 is 0 Å². The van der Waals surface area contributed by atoms with Crippen molar-refractivity contribution >= 4 is 60.2 Å². The first-order chi connectivity index (χ1) is 24.5. The largest absolute Gasteiger partial charge is 0.338 e. The van der Waals surface area contributed by atoms with Crippen LogP contribution in [0.1, 0.15) is 42.7 Å². The molecule has 0 aromatic heterocycles. The van der Waals surface area contributed by atoms with Crippen molar-refractivity contribution in [3.8, 4) is 0 Å². The quantitative estimate of drug-likeness (QED) is 0.0643. The molecule has 13 heteroatoms. The summed E-state index contributed by atoms with van der Waals surface area (Å²) in [5, 5.41) is 17.2. The van der Waals surface area contributed by atoms with Gasteiger partial charge in [-0.25, -0.2) is 14.4 Å². The molecule has 0 spiro atoms. The summed E-state index contributed by atoms with van der Waals surface area (Å²) in [5.74, 6) is -0.938. The molecule has 4 aromatic rings. The summed E-state index contributed by atoms with van der Waals surface area (Å²) < 4.78 is 0. The maximum atomic E-state index is 13.0. The highest BCUT2D eigenvalue weighted by Crippen LogP contribution is 2.26. The molecule has 0 saturated carbocycles. The van der Waals surface area contributed by atoms with E-state index in [9.17, 15) is 19.2 Å². The Morgan fingerprint density at radius 2 is 0.827 bits per heavy atom. The van der Waals surface area contributed by atoms with Crippen molar-refractivity contribution in [1.82, 2.24) is 31.9 Å². The standard InChI is InChI=1S/C39H47N7O4.2ClH/c47-36(35(31-17-5-1-6-18-31)32-19-7-2-8-20-32)44-37(48)42-29-15-27-40-25-13-14-26-41-28-16-30-43-38(49)45-39(50)46(33-21-9-3-10-22-33)34-23-11-4-12-24-34;;/h1-12,17-24,35,40-41H,13-16,25-30H2,(H2,42,44,47,48)(H2,43,45,49,50);2*1H. The molecule has 0 aliphatic carbocycles. The first-order valence-electron chi connectivity index (χ1n) is 17.1. The summed E-state index contributed by atoms with van der Waals surface area (Å²) in [7, 11) is 0. The van der Waals surface area contributed by atoms with E-state index in [1.807, 2.05) is 121 Å². The number of para-hydroxylation sites is 2. The molecule has 0 saturated heterocycles. The number of unbranched alkanes of at least 4 members (excludes halogenated alkanes) is 1. The second-order valence-corrected chi connectivity index (χ2v) is 11.6. The van der Waals surface area contributed by atoms with Gasteiger partial charge in [0.05, 0.1) is 17.3 Å². The van der Waals surface area contributed by atoms with E-state index in [4.69, 9.17) is 0 Å². The van der Waals surface area contributed by atoms with Crippen molar-refractivity contribution in [2.45, 2.75) is 31.6 Å². The van der Waals surface area contributed by atoms with Crippen LogP contribution in [0.15, 0.2) is 121 Å². The number of anilines is 2. The summed E-state index contributed by atoms with van der Waals surface area (Å²) >= 11 is 0. The SMILES string of the molecule is Cl.Cl.O=C(NCCCNCCCCNCCCNC(=O)NC(=O)N(c1ccccc1)c1ccccc1)NC(=O)C(c1ccccc1)c1ccccc1. The number of carbonyl (C=O) groups is 4. The molecule has 4 rings (SSSR count). The van der Waals surface area contributed by atoms with Crippen molar-refractivity contribution in [3.63, 3.8) is 0 Å². The van der Waals surface area contributed by atoms with Gasteiger partial charge in [0, 0.05) is 13.1 Å². The first kappa shape index (κ1) is 43.2. The average Bonchev–Trinajstić information content (AvgIpc) is 3.13. The molecular weight excluding hydrogens is 701 g/mol. The molecule has 11 nitrogen and oxygen atoms in total. The maximum absolute atomic E-state index is 13.0. The molecule has 278 valence electrons. The van der Waals surface area contributed by atoms with Gasteiger partial charge in [-0.1, -0.05) is 97.1 Å². The summed E-state index contributed by atoms with van der Waals surface area (Å²) in [6, 6.07) is 35.6. The summed E-state index contributed by atoms with van der Waals surface area (Å²) in [6.07, 6.45) is 3.46. The molecule has 0 aliphatic rings. The molecule has 52 heavy (non-hydrogen) atoms. The van der Waals surface area contributed by atoms with Gasteiger partial charge in [0.2, 0.25) is 5.91 Å². The van der Waals surface area contributed by atoms with Gasteiger partial charge in [0.1, 0.15) is 0 Å². The van der Waals surface area contributed by atoms with Crippen molar-refractivity contribution in [1.29, 1.82) is 0 Å². The molecule has 4 aromatic carbocycles. The lowest BCUT2D eigenvalue weighted by atomic mass is 9.90. The normalized spacial score (nSPS) is 10.2. The molecule has 0 unspecified atom stereocenters. The van der Waals surface area contributed by atoms with Crippen LogP contribution in [0.25, 0.3) is 0 Å². The van der Waals surface area contributed by atoms with Gasteiger partial charge in [-0.15, -0.1) is 24.8 Å². The van der Waals surface area contributed by atoms with Gasteiger partial charge >= 0.3 is 18.1 Å². The molecule has 0 aliphatic heterocycles. The van der Waals surface area contributed by atoms with Crippen LogP contribution in [0.4, 0.5) is 25.8 Å². The lowest BCUT2D eigenvalue weighted by molar-refractivity contribution is -0.120. The lowest BCUT2D eigenvalue weighted by Gasteiger charge is -2.23. The van der Waals surface area contributed by atoms with Crippen LogP contribution < -0.4 is 36.8 Å². The van der Waals surface area contributed by atoms with E-state index in [1.54, 1.807) is 0 Å². The highest BCUT2D eigenvalue weighted by atomic mass is 35.5. The van der Waals surface area contributed by atoms with Crippen molar-refractivity contribution in [3.05, 3.63) is 132 Å². The van der Waals surface area contributed by atoms with Gasteiger partial charge in [-0.3, -0.25) is 20.3 Å². The van der Waals surface area contributed by atoms with Crippen LogP contribution in [0.2, 0.25) is 0 Å². The molecular formula is C39H49Cl2N7O4. The maximum Gasteiger partial charge on any atom is 0.334 e. The Kier molecular flexibility index (Phi) is 20.9. The number of nitrogens with one attached hydrogen (secondary N) is 6. The minimum absolute atomic E-state index is 0. The molecule has 0 heterocycles. The van der Waals surface area contributed by atoms with E-state index in [2.05, 4.69) is 31.9 Å². The monoisotopic (exact) mass is 749 g/mol. The number of benzene rings is 4. The van der Waals surface area contributed by atoms with E-state index in [0.29, 0.717) is 24.5 Å². The Morgan fingerprint density at radius 3 is 1.25 bits per heavy atom. The molecule has 0 radical (unpaired) electrons. The van der Waals surface area contributed by atoms with Gasteiger partial charge in [-0.05, 0) is 87.3 Å². The number of rotatable bonds is 18. The van der Waals surface area contributed by atoms with E-state index in [0.717, 1.165) is 63.0 Å². The van der Waals surface area contributed by atoms with Gasteiger partial charge in [-0.2, -0.15) is 0 Å². The Labute approximate surface area is 318 Å². The summed E-state index contributed by atoms with van der Waals surface area (Å²) in [4.78, 5) is 52.3. The van der Waals surface area contributed by atoms with Gasteiger partial charge in [0.25, 0.3) is 0 Å². The van der Waals surface area contributed by atoms with E-state index in [-0.39, 0.29) is 30.7 Å². The summed E-state index contributed by atoms with van der Waals surface area (Å²) in [6.45, 7) is 4.11. The molecule has 0 atom stereocenters. The second kappa shape index (κ2) is 25.1. The Hall–Kier alpha value is -4.94. The predicted octanol–water partition coefficient (Wildman–Crippen LogP) is 6.49. The number of amides is 7. The zero-order valence-corrected chi connectivity index (χ0v) is 30.7. The van der Waals surface area contributed by atoms with E-state index in [1.165, 1.54) is 4.90 Å². The van der Waals surface area contributed by atoms with E-state index < -0.39 is 24.0 Å². The molecule has 7 amide bonds. The number of carbonyl (C=O) groups excluding carboxylic acids is 4. The number of nitrogens with zero attached hydrogens (tertiary/aromatic N) is 1.